The number of hydrogen-bond acceptors (Lipinski definition) is 3. The lowest BCUT2D eigenvalue weighted by molar-refractivity contribution is 0.307. The number of benzene rings is 2. The van der Waals surface area contributed by atoms with Crippen LogP contribution < -0.4 is 10.5 Å². The Bertz CT molecular complexity index is 750. The fourth-order valence-corrected chi connectivity index (χ4v) is 2.34. The van der Waals surface area contributed by atoms with Crippen molar-refractivity contribution in [1.29, 1.82) is 0 Å². The third-order valence-corrected chi connectivity index (χ3v) is 3.58. The van der Waals surface area contributed by atoms with Gasteiger partial charge in [-0.05, 0) is 29.7 Å². The second-order valence-electron chi connectivity index (χ2n) is 5.16. The molecule has 4 heteroatoms. The van der Waals surface area contributed by atoms with E-state index < -0.39 is 0 Å². The van der Waals surface area contributed by atoms with Gasteiger partial charge in [0.15, 0.2) is 0 Å². The van der Waals surface area contributed by atoms with Gasteiger partial charge in [-0.25, -0.2) is 0 Å². The van der Waals surface area contributed by atoms with Gasteiger partial charge < -0.3 is 10.5 Å². The Hall–Kier alpha value is -2.75. The van der Waals surface area contributed by atoms with Crippen molar-refractivity contribution in [2.45, 2.75) is 20.0 Å². The van der Waals surface area contributed by atoms with Crippen molar-refractivity contribution >= 4 is 5.82 Å². The smallest absolute Gasteiger partial charge is 0.145 e. The molecule has 1 heterocycles. The van der Waals surface area contributed by atoms with Crippen molar-refractivity contribution in [2.24, 2.45) is 0 Å². The molecular formula is C18H19N3O. The molecule has 3 N–H and O–H groups in total. The first kappa shape index (κ1) is 14.2. The van der Waals surface area contributed by atoms with Crippen molar-refractivity contribution in [3.05, 3.63) is 65.7 Å². The van der Waals surface area contributed by atoms with Crippen LogP contribution in [-0.4, -0.2) is 10.2 Å². The highest BCUT2D eigenvalue weighted by Crippen LogP contribution is 2.31. The maximum absolute atomic E-state index is 6.00. The first-order valence-electron chi connectivity index (χ1n) is 7.37. The minimum atomic E-state index is 0.478. The molecule has 112 valence electrons. The fourth-order valence-electron chi connectivity index (χ4n) is 2.34. The minimum absolute atomic E-state index is 0.478. The highest BCUT2D eigenvalue weighted by molar-refractivity contribution is 5.69. The zero-order valence-electron chi connectivity index (χ0n) is 12.5. The van der Waals surface area contributed by atoms with Gasteiger partial charge >= 0.3 is 0 Å². The molecule has 0 unspecified atom stereocenters. The summed E-state index contributed by atoms with van der Waals surface area (Å²) < 4.78 is 6.00. The molecule has 22 heavy (non-hydrogen) atoms. The lowest BCUT2D eigenvalue weighted by atomic mass is 10.1. The largest absolute Gasteiger partial charge is 0.488 e. The molecule has 3 rings (SSSR count). The number of hydrogen-bond donors (Lipinski definition) is 2. The Labute approximate surface area is 129 Å². The molecule has 3 aromatic rings. The highest BCUT2D eigenvalue weighted by atomic mass is 16.5. The van der Waals surface area contributed by atoms with Gasteiger partial charge in [0.25, 0.3) is 0 Å². The first-order valence-corrected chi connectivity index (χ1v) is 7.37. The van der Waals surface area contributed by atoms with Crippen molar-refractivity contribution < 1.29 is 4.74 Å². The number of aryl methyl sites for hydroxylation is 1. The van der Waals surface area contributed by atoms with Crippen molar-refractivity contribution in [2.75, 3.05) is 5.73 Å². The van der Waals surface area contributed by atoms with Crippen LogP contribution in [0.5, 0.6) is 5.75 Å². The molecule has 0 saturated carbocycles. The SMILES string of the molecule is CCc1ccc(OCc2ccccc2)c(-c2cc(N)n[nH]2)c1. The van der Waals surface area contributed by atoms with E-state index in [0.717, 1.165) is 29.0 Å². The molecule has 2 aromatic carbocycles. The van der Waals surface area contributed by atoms with Crippen LogP contribution in [0.4, 0.5) is 5.82 Å². The maximum Gasteiger partial charge on any atom is 0.145 e. The Morgan fingerprint density at radius 3 is 2.55 bits per heavy atom. The summed E-state index contributed by atoms with van der Waals surface area (Å²) >= 11 is 0. The quantitative estimate of drug-likeness (QED) is 0.752. The van der Waals surface area contributed by atoms with Crippen molar-refractivity contribution in [1.82, 2.24) is 10.2 Å². The van der Waals surface area contributed by atoms with E-state index in [0.29, 0.717) is 12.4 Å². The zero-order chi connectivity index (χ0) is 15.4. The molecular weight excluding hydrogens is 274 g/mol. The van der Waals surface area contributed by atoms with E-state index in [9.17, 15) is 0 Å². The minimum Gasteiger partial charge on any atom is -0.488 e. The average Bonchev–Trinajstić information content (AvgIpc) is 3.00. The van der Waals surface area contributed by atoms with Gasteiger partial charge in [-0.3, -0.25) is 5.10 Å². The molecule has 4 nitrogen and oxygen atoms in total. The lowest BCUT2D eigenvalue weighted by Gasteiger charge is -2.12. The van der Waals surface area contributed by atoms with E-state index in [4.69, 9.17) is 10.5 Å². The van der Waals surface area contributed by atoms with Gasteiger partial charge in [-0.15, -0.1) is 0 Å². The van der Waals surface area contributed by atoms with Crippen LogP contribution >= 0.6 is 0 Å². The van der Waals surface area contributed by atoms with E-state index in [1.165, 1.54) is 5.56 Å². The summed E-state index contributed by atoms with van der Waals surface area (Å²) in [5.74, 6) is 1.30. The summed E-state index contributed by atoms with van der Waals surface area (Å²) in [5.41, 5.74) is 9.96. The van der Waals surface area contributed by atoms with E-state index >= 15 is 0 Å². The Morgan fingerprint density at radius 2 is 1.86 bits per heavy atom. The van der Waals surface area contributed by atoms with Crippen LogP contribution in [0.3, 0.4) is 0 Å². The van der Waals surface area contributed by atoms with Crippen LogP contribution in [-0.2, 0) is 13.0 Å². The average molecular weight is 293 g/mol. The molecule has 0 bridgehead atoms. The number of nitrogens with zero attached hydrogens (tertiary/aromatic N) is 1. The van der Waals surface area contributed by atoms with Gasteiger partial charge in [-0.1, -0.05) is 43.3 Å². The Balaban J connectivity index is 1.89. The molecule has 0 amide bonds. The number of nitrogens with one attached hydrogen (secondary N) is 1. The maximum atomic E-state index is 6.00. The van der Waals surface area contributed by atoms with Gasteiger partial charge in [-0.2, -0.15) is 5.10 Å². The molecule has 0 atom stereocenters. The monoisotopic (exact) mass is 293 g/mol. The fraction of sp³-hybridized carbons (Fsp3) is 0.167. The van der Waals surface area contributed by atoms with Gasteiger partial charge in [0.05, 0.1) is 5.69 Å². The van der Waals surface area contributed by atoms with Crippen LogP contribution in [0.2, 0.25) is 0 Å². The van der Waals surface area contributed by atoms with Gasteiger partial charge in [0.1, 0.15) is 18.2 Å². The molecule has 0 aliphatic rings. The number of nitrogens with two attached hydrogens (primary N) is 1. The zero-order valence-corrected chi connectivity index (χ0v) is 12.5. The number of nitrogen functional groups attached to an aromatic ring is 1. The summed E-state index contributed by atoms with van der Waals surface area (Å²) in [4.78, 5) is 0. The summed E-state index contributed by atoms with van der Waals surface area (Å²) in [6.07, 6.45) is 0.968. The van der Waals surface area contributed by atoms with E-state index in [2.05, 4.69) is 29.3 Å². The molecule has 0 radical (unpaired) electrons. The number of H-pyrrole nitrogens is 1. The molecule has 0 aliphatic carbocycles. The Morgan fingerprint density at radius 1 is 1.05 bits per heavy atom. The standard InChI is InChI=1S/C18H19N3O/c1-2-13-8-9-17(22-12-14-6-4-3-5-7-14)15(10-13)16-11-18(19)21-20-16/h3-11H,2,12H2,1H3,(H3,19,20,21). The number of aromatic amines is 1. The number of ether oxygens (including phenoxy) is 1. The van der Waals surface area contributed by atoms with E-state index in [1.807, 2.05) is 42.5 Å². The van der Waals surface area contributed by atoms with Crippen molar-refractivity contribution in [3.63, 3.8) is 0 Å². The van der Waals surface area contributed by atoms with E-state index in [-0.39, 0.29) is 0 Å². The predicted octanol–water partition coefficient (Wildman–Crippen LogP) is 3.80. The molecule has 0 saturated heterocycles. The third-order valence-electron chi connectivity index (χ3n) is 3.58. The first-order chi connectivity index (χ1) is 10.8. The number of aromatic nitrogens is 2. The highest BCUT2D eigenvalue weighted by Gasteiger charge is 2.10. The van der Waals surface area contributed by atoms with E-state index in [1.54, 1.807) is 0 Å². The summed E-state index contributed by atoms with van der Waals surface area (Å²) in [6, 6.07) is 18.2. The van der Waals surface area contributed by atoms with Crippen LogP contribution in [0, 0.1) is 0 Å². The second kappa shape index (κ2) is 6.35. The Kier molecular flexibility index (Phi) is 4.10. The third kappa shape index (κ3) is 3.11. The van der Waals surface area contributed by atoms with Crippen LogP contribution in [0.15, 0.2) is 54.6 Å². The summed E-state index contributed by atoms with van der Waals surface area (Å²) in [5, 5.41) is 6.96. The molecule has 1 aromatic heterocycles. The van der Waals surface area contributed by atoms with Gasteiger partial charge in [0.2, 0.25) is 0 Å². The predicted molar refractivity (Wildman–Crippen MR) is 88.6 cm³/mol. The van der Waals surface area contributed by atoms with Crippen molar-refractivity contribution in [3.8, 4) is 17.0 Å². The van der Waals surface area contributed by atoms with Crippen LogP contribution in [0.25, 0.3) is 11.3 Å². The molecule has 0 aliphatic heterocycles. The topological polar surface area (TPSA) is 63.9 Å². The number of rotatable bonds is 5. The summed E-state index contributed by atoms with van der Waals surface area (Å²) in [6.45, 7) is 2.66. The van der Waals surface area contributed by atoms with Gasteiger partial charge in [0, 0.05) is 11.6 Å². The normalized spacial score (nSPS) is 10.6. The molecule has 0 fully saturated rings. The van der Waals surface area contributed by atoms with Crippen LogP contribution in [0.1, 0.15) is 18.1 Å². The number of anilines is 1. The lowest BCUT2D eigenvalue weighted by Crippen LogP contribution is -1.98. The second-order valence-corrected chi connectivity index (χ2v) is 5.16. The summed E-state index contributed by atoms with van der Waals surface area (Å²) in [7, 11) is 0. The molecule has 0 spiro atoms.